The predicted molar refractivity (Wildman–Crippen MR) is 125 cm³/mol. The number of alkyl halides is 2. The van der Waals surface area contributed by atoms with Crippen LogP contribution in [0.5, 0.6) is 0 Å². The molecule has 1 aliphatic rings. The number of piperidine rings is 1. The van der Waals surface area contributed by atoms with Crippen LogP contribution in [0.3, 0.4) is 0 Å². The first-order chi connectivity index (χ1) is 17.3. The number of aromatic nitrogens is 3. The van der Waals surface area contributed by atoms with Gasteiger partial charge in [0.15, 0.2) is 0 Å². The zero-order chi connectivity index (χ0) is 25.8. The van der Waals surface area contributed by atoms with E-state index in [0.717, 1.165) is 0 Å². The zero-order valence-corrected chi connectivity index (χ0v) is 19.8. The van der Waals surface area contributed by atoms with E-state index in [1.54, 1.807) is 30.1 Å². The normalized spacial score (nSPS) is 14.2. The molecule has 0 aliphatic carbocycles. The molecule has 36 heavy (non-hydrogen) atoms. The van der Waals surface area contributed by atoms with Crippen LogP contribution in [0.15, 0.2) is 40.9 Å². The Morgan fingerprint density at radius 1 is 1.19 bits per heavy atom. The third kappa shape index (κ3) is 5.47. The number of anilines is 2. The third-order valence-electron chi connectivity index (χ3n) is 6.14. The molecule has 190 valence electrons. The fourth-order valence-corrected chi connectivity index (χ4v) is 4.24. The lowest BCUT2D eigenvalue weighted by atomic mass is 10.0. The maximum atomic E-state index is 14.2. The van der Waals surface area contributed by atoms with Crippen molar-refractivity contribution in [1.82, 2.24) is 20.1 Å². The summed E-state index contributed by atoms with van der Waals surface area (Å²) < 4.78 is 44.6. The van der Waals surface area contributed by atoms with Gasteiger partial charge in [0.05, 0.1) is 29.2 Å². The van der Waals surface area contributed by atoms with Gasteiger partial charge < -0.3 is 19.1 Å². The Morgan fingerprint density at radius 3 is 2.53 bits per heavy atom. The topological polar surface area (TPSA) is 95.7 Å². The van der Waals surface area contributed by atoms with Gasteiger partial charge in [-0.3, -0.25) is 14.6 Å². The number of rotatable bonds is 8. The molecule has 0 unspecified atom stereocenters. The minimum atomic E-state index is -2.86. The minimum Gasteiger partial charge on any atom is -0.415 e. The molecule has 1 fully saturated rings. The Morgan fingerprint density at radius 2 is 1.94 bits per heavy atom. The lowest BCUT2D eigenvalue weighted by molar-refractivity contribution is -0.129. The number of nitrogens with zero attached hydrogens (tertiary/aromatic N) is 6. The summed E-state index contributed by atoms with van der Waals surface area (Å²) in [5, 5.41) is 6.92. The van der Waals surface area contributed by atoms with Crippen LogP contribution in [0.4, 0.5) is 24.5 Å². The molecule has 9 nitrogen and oxygen atoms in total. The Labute approximate surface area is 205 Å². The third-order valence-corrected chi connectivity index (χ3v) is 6.14. The molecule has 12 heteroatoms. The number of benzene rings is 1. The standard InChI is InChI=1S/C24H25F3N6O3/c1-15(35)32-9-7-19(8-10-32)33(14-34)21-11-17(25)4-6-20(21)31(2)13-18-5-3-16(12-28-18)23-29-30-24(36-23)22(26)27/h3-6,11-12,14,19,22H,7-10,13H2,1-2H3. The van der Waals surface area contributed by atoms with Crippen molar-refractivity contribution in [3.8, 4) is 11.5 Å². The molecule has 2 aromatic heterocycles. The Bertz CT molecular complexity index is 1210. The molecule has 3 aromatic rings. The molecule has 0 saturated carbocycles. The predicted octanol–water partition coefficient (Wildman–Crippen LogP) is 3.82. The highest BCUT2D eigenvalue weighted by atomic mass is 19.3. The molecule has 0 spiro atoms. The van der Waals surface area contributed by atoms with E-state index in [4.69, 9.17) is 4.42 Å². The highest BCUT2D eigenvalue weighted by Gasteiger charge is 2.28. The van der Waals surface area contributed by atoms with E-state index in [9.17, 15) is 22.8 Å². The van der Waals surface area contributed by atoms with Crippen molar-refractivity contribution >= 4 is 23.7 Å². The first-order valence-corrected chi connectivity index (χ1v) is 11.3. The van der Waals surface area contributed by atoms with Crippen LogP contribution in [0.1, 0.15) is 37.8 Å². The van der Waals surface area contributed by atoms with Crippen molar-refractivity contribution in [2.45, 2.75) is 38.8 Å². The quantitative estimate of drug-likeness (QED) is 0.432. The number of halogens is 3. The lowest BCUT2D eigenvalue weighted by Crippen LogP contribution is -2.46. The number of carbonyl (C=O) groups is 2. The fourth-order valence-electron chi connectivity index (χ4n) is 4.24. The first-order valence-electron chi connectivity index (χ1n) is 11.3. The van der Waals surface area contributed by atoms with Gasteiger partial charge in [0, 0.05) is 39.3 Å². The second-order valence-electron chi connectivity index (χ2n) is 8.52. The molecule has 2 amide bonds. The Hall–Kier alpha value is -3.96. The highest BCUT2D eigenvalue weighted by Crippen LogP contribution is 2.33. The summed E-state index contributed by atoms with van der Waals surface area (Å²) in [7, 11) is 1.79. The molecule has 4 rings (SSSR count). The van der Waals surface area contributed by atoms with Gasteiger partial charge in [0.25, 0.3) is 5.89 Å². The van der Waals surface area contributed by atoms with E-state index in [1.807, 2.05) is 4.90 Å². The van der Waals surface area contributed by atoms with Crippen molar-refractivity contribution in [2.75, 3.05) is 29.9 Å². The molecular formula is C24H25F3N6O3. The monoisotopic (exact) mass is 502 g/mol. The van der Waals surface area contributed by atoms with Crippen LogP contribution in [-0.2, 0) is 16.1 Å². The van der Waals surface area contributed by atoms with Gasteiger partial charge in [0.1, 0.15) is 5.82 Å². The summed E-state index contributed by atoms with van der Waals surface area (Å²) in [5.41, 5.74) is 2.09. The maximum Gasteiger partial charge on any atom is 0.314 e. The van der Waals surface area contributed by atoms with Crippen LogP contribution < -0.4 is 9.80 Å². The molecule has 1 aromatic carbocycles. The first kappa shape index (κ1) is 25.1. The molecule has 1 saturated heterocycles. The Balaban J connectivity index is 1.51. The second kappa shape index (κ2) is 10.8. The van der Waals surface area contributed by atoms with Crippen LogP contribution in [0, 0.1) is 5.82 Å². The minimum absolute atomic E-state index is 0.00986. The highest BCUT2D eigenvalue weighted by molar-refractivity contribution is 5.85. The molecule has 3 heterocycles. The molecule has 1 aliphatic heterocycles. The lowest BCUT2D eigenvalue weighted by Gasteiger charge is -2.38. The smallest absolute Gasteiger partial charge is 0.314 e. The number of carbonyl (C=O) groups excluding carboxylic acids is 2. The van der Waals surface area contributed by atoms with Crippen molar-refractivity contribution < 1.29 is 27.2 Å². The van der Waals surface area contributed by atoms with E-state index >= 15 is 0 Å². The van der Waals surface area contributed by atoms with E-state index in [-0.39, 0.29) is 17.8 Å². The molecule has 0 N–H and O–H groups in total. The van der Waals surface area contributed by atoms with Crippen LogP contribution >= 0.6 is 0 Å². The number of hydrogen-bond donors (Lipinski definition) is 0. The average molecular weight is 502 g/mol. The van der Waals surface area contributed by atoms with E-state index in [2.05, 4.69) is 15.2 Å². The molecule has 0 atom stereocenters. The number of pyridine rings is 1. The van der Waals surface area contributed by atoms with Gasteiger partial charge in [-0.25, -0.2) is 4.39 Å². The van der Waals surface area contributed by atoms with Crippen LogP contribution in [0.25, 0.3) is 11.5 Å². The second-order valence-corrected chi connectivity index (χ2v) is 8.52. The van der Waals surface area contributed by atoms with Gasteiger partial charge in [-0.05, 0) is 43.2 Å². The SMILES string of the molecule is CC(=O)N1CCC(N(C=O)c2cc(F)ccc2N(C)Cc2ccc(-c3nnc(C(F)F)o3)cn2)CC1. The fraction of sp³-hybridized carbons (Fsp3) is 0.375. The maximum absolute atomic E-state index is 14.2. The van der Waals surface area contributed by atoms with Gasteiger partial charge >= 0.3 is 6.43 Å². The molecule has 0 bridgehead atoms. The number of amides is 2. The number of hydrogen-bond acceptors (Lipinski definition) is 7. The van der Waals surface area contributed by atoms with Crippen molar-refractivity contribution in [3.63, 3.8) is 0 Å². The van der Waals surface area contributed by atoms with Crippen molar-refractivity contribution in [2.24, 2.45) is 0 Å². The van der Waals surface area contributed by atoms with E-state index in [1.165, 1.54) is 30.2 Å². The van der Waals surface area contributed by atoms with Gasteiger partial charge in [-0.15, -0.1) is 10.2 Å². The number of likely N-dealkylation sites (tertiary alicyclic amines) is 1. The van der Waals surface area contributed by atoms with Crippen LogP contribution in [-0.4, -0.2) is 58.6 Å². The largest absolute Gasteiger partial charge is 0.415 e. The van der Waals surface area contributed by atoms with E-state index < -0.39 is 18.1 Å². The van der Waals surface area contributed by atoms with E-state index in [0.29, 0.717) is 61.5 Å². The summed E-state index contributed by atoms with van der Waals surface area (Å²) in [6.07, 6.45) is 0.460. The Kier molecular flexibility index (Phi) is 7.51. The zero-order valence-electron chi connectivity index (χ0n) is 19.8. The summed E-state index contributed by atoms with van der Waals surface area (Å²) in [5.74, 6) is -1.30. The van der Waals surface area contributed by atoms with Gasteiger partial charge in [0.2, 0.25) is 18.2 Å². The summed E-state index contributed by atoms with van der Waals surface area (Å²) >= 11 is 0. The van der Waals surface area contributed by atoms with Crippen LogP contribution in [0.2, 0.25) is 0 Å². The summed E-state index contributed by atoms with van der Waals surface area (Å²) in [4.78, 5) is 33.2. The van der Waals surface area contributed by atoms with Gasteiger partial charge in [-0.1, -0.05) is 0 Å². The molecule has 0 radical (unpaired) electrons. The van der Waals surface area contributed by atoms with Gasteiger partial charge in [-0.2, -0.15) is 8.78 Å². The summed E-state index contributed by atoms with van der Waals surface area (Å²) in [6.45, 7) is 2.89. The molecular weight excluding hydrogens is 477 g/mol. The van der Waals surface area contributed by atoms with Crippen molar-refractivity contribution in [1.29, 1.82) is 0 Å². The summed E-state index contributed by atoms with van der Waals surface area (Å²) in [6, 6.07) is 7.40. The average Bonchev–Trinajstić information content (AvgIpc) is 3.36. The van der Waals surface area contributed by atoms with Crippen molar-refractivity contribution in [3.05, 3.63) is 53.9 Å².